The fourth-order valence-electron chi connectivity index (χ4n) is 1.05. The quantitative estimate of drug-likeness (QED) is 0.717. The van der Waals surface area contributed by atoms with E-state index in [1.807, 2.05) is 12.5 Å². The average Bonchev–Trinajstić information content (AvgIpc) is 2.29. The molecule has 0 aromatic carbocycles. The van der Waals surface area contributed by atoms with Gasteiger partial charge in [0.15, 0.2) is 0 Å². The molecule has 0 aliphatic carbocycles. The Bertz CT molecular complexity index is 334. The standard InChI is InChI=1S/C10H9N4/c1-5-12-10(13-6-1)3-2-9-4-7-11-8-14-9/h1-2,4-8H,3H2. The largest absolute Gasteiger partial charge is 0.245 e. The molecule has 0 amide bonds. The van der Waals surface area contributed by atoms with Gasteiger partial charge in [-0.3, -0.25) is 0 Å². The van der Waals surface area contributed by atoms with Crippen LogP contribution in [0.3, 0.4) is 0 Å². The van der Waals surface area contributed by atoms with E-state index in [1.165, 1.54) is 6.33 Å². The monoisotopic (exact) mass is 185 g/mol. The summed E-state index contributed by atoms with van der Waals surface area (Å²) in [4.78, 5) is 16.1. The van der Waals surface area contributed by atoms with Crippen LogP contribution in [0.4, 0.5) is 0 Å². The van der Waals surface area contributed by atoms with Crippen LogP contribution in [-0.2, 0) is 6.42 Å². The Morgan fingerprint density at radius 3 is 2.64 bits per heavy atom. The first-order valence-corrected chi connectivity index (χ1v) is 4.30. The molecule has 0 N–H and O–H groups in total. The minimum Gasteiger partial charge on any atom is -0.245 e. The van der Waals surface area contributed by atoms with E-state index in [1.54, 1.807) is 24.7 Å². The van der Waals surface area contributed by atoms with Gasteiger partial charge < -0.3 is 0 Å². The molecule has 2 rings (SSSR count). The molecule has 2 heterocycles. The Morgan fingerprint density at radius 1 is 1.07 bits per heavy atom. The van der Waals surface area contributed by atoms with Crippen LogP contribution < -0.4 is 0 Å². The van der Waals surface area contributed by atoms with Crippen molar-refractivity contribution >= 4 is 0 Å². The molecule has 2 aromatic rings. The molecule has 69 valence electrons. The van der Waals surface area contributed by atoms with E-state index in [2.05, 4.69) is 19.9 Å². The van der Waals surface area contributed by atoms with Crippen LogP contribution in [-0.4, -0.2) is 19.9 Å². The SMILES string of the molecule is [CH](Cc1ncccn1)c1ccncn1. The van der Waals surface area contributed by atoms with Crippen LogP contribution in [0.15, 0.2) is 37.1 Å². The van der Waals surface area contributed by atoms with Crippen molar-refractivity contribution < 1.29 is 0 Å². The van der Waals surface area contributed by atoms with Gasteiger partial charge in [-0.15, -0.1) is 0 Å². The highest BCUT2D eigenvalue weighted by atomic mass is 14.9. The van der Waals surface area contributed by atoms with Crippen LogP contribution in [0.25, 0.3) is 0 Å². The van der Waals surface area contributed by atoms with E-state index in [0.717, 1.165) is 11.5 Å². The predicted octanol–water partition coefficient (Wildman–Crippen LogP) is 1.06. The lowest BCUT2D eigenvalue weighted by atomic mass is 10.2. The van der Waals surface area contributed by atoms with E-state index < -0.39 is 0 Å². The summed E-state index contributed by atoms with van der Waals surface area (Å²) in [6, 6.07) is 3.65. The van der Waals surface area contributed by atoms with Gasteiger partial charge in [0.1, 0.15) is 12.2 Å². The first kappa shape index (κ1) is 8.74. The Kier molecular flexibility index (Phi) is 2.76. The second-order valence-electron chi connectivity index (χ2n) is 2.71. The Balaban J connectivity index is 1.96. The summed E-state index contributed by atoms with van der Waals surface area (Å²) in [5.74, 6) is 0.797. The molecule has 0 aliphatic heterocycles. The first-order chi connectivity index (χ1) is 6.95. The summed E-state index contributed by atoms with van der Waals surface area (Å²) in [5, 5.41) is 0. The zero-order valence-corrected chi connectivity index (χ0v) is 7.54. The lowest BCUT2D eigenvalue weighted by Crippen LogP contribution is -1.96. The lowest BCUT2D eigenvalue weighted by molar-refractivity contribution is 0.941. The molecule has 4 nitrogen and oxygen atoms in total. The molecule has 4 heteroatoms. The summed E-state index contributed by atoms with van der Waals surface area (Å²) in [7, 11) is 0. The van der Waals surface area contributed by atoms with Crippen LogP contribution >= 0.6 is 0 Å². The molecule has 0 fully saturated rings. The highest BCUT2D eigenvalue weighted by Crippen LogP contribution is 2.00. The second kappa shape index (κ2) is 4.41. The smallest absolute Gasteiger partial charge is 0.128 e. The van der Waals surface area contributed by atoms with Gasteiger partial charge in [0.05, 0.1) is 0 Å². The van der Waals surface area contributed by atoms with Crippen molar-refractivity contribution in [1.29, 1.82) is 0 Å². The summed E-state index contributed by atoms with van der Waals surface area (Å²) >= 11 is 0. The normalized spacial score (nSPS) is 10.0. The molecule has 0 atom stereocenters. The van der Waals surface area contributed by atoms with Gasteiger partial charge in [-0.25, -0.2) is 19.9 Å². The van der Waals surface area contributed by atoms with Gasteiger partial charge in [0.2, 0.25) is 0 Å². The minimum atomic E-state index is 0.692. The van der Waals surface area contributed by atoms with Gasteiger partial charge in [0, 0.05) is 37.1 Å². The molecule has 0 saturated heterocycles. The zero-order valence-electron chi connectivity index (χ0n) is 7.54. The van der Waals surface area contributed by atoms with Gasteiger partial charge in [-0.2, -0.15) is 0 Å². The fourth-order valence-corrected chi connectivity index (χ4v) is 1.05. The third kappa shape index (κ3) is 2.32. The van der Waals surface area contributed by atoms with Gasteiger partial charge >= 0.3 is 0 Å². The Morgan fingerprint density at radius 2 is 1.93 bits per heavy atom. The summed E-state index contributed by atoms with van der Waals surface area (Å²) < 4.78 is 0. The fraction of sp³-hybridized carbons (Fsp3) is 0.100. The van der Waals surface area contributed by atoms with Gasteiger partial charge in [-0.1, -0.05) is 0 Å². The van der Waals surface area contributed by atoms with E-state index >= 15 is 0 Å². The van der Waals surface area contributed by atoms with Crippen LogP contribution in [0, 0.1) is 6.42 Å². The Labute approximate surface area is 82.1 Å². The topological polar surface area (TPSA) is 51.6 Å². The van der Waals surface area contributed by atoms with E-state index in [-0.39, 0.29) is 0 Å². The second-order valence-corrected chi connectivity index (χ2v) is 2.71. The van der Waals surface area contributed by atoms with Crippen molar-refractivity contribution in [2.45, 2.75) is 6.42 Å². The third-order valence-electron chi connectivity index (χ3n) is 1.72. The summed E-state index contributed by atoms with van der Waals surface area (Å²) in [6.07, 6.45) is 9.36. The molecule has 0 aliphatic rings. The zero-order chi connectivity index (χ0) is 9.64. The van der Waals surface area contributed by atoms with Crippen molar-refractivity contribution in [1.82, 2.24) is 19.9 Å². The predicted molar refractivity (Wildman–Crippen MR) is 51.2 cm³/mol. The van der Waals surface area contributed by atoms with Crippen molar-refractivity contribution in [2.75, 3.05) is 0 Å². The number of nitrogens with zero attached hydrogens (tertiary/aromatic N) is 4. The van der Waals surface area contributed by atoms with Crippen molar-refractivity contribution in [3.8, 4) is 0 Å². The van der Waals surface area contributed by atoms with Crippen molar-refractivity contribution in [3.63, 3.8) is 0 Å². The summed E-state index contributed by atoms with van der Waals surface area (Å²) in [5.41, 5.74) is 0.896. The number of aromatic nitrogens is 4. The number of hydrogen-bond acceptors (Lipinski definition) is 4. The number of rotatable bonds is 3. The average molecular weight is 185 g/mol. The summed E-state index contributed by atoms with van der Waals surface area (Å²) in [6.45, 7) is 0. The molecule has 0 bridgehead atoms. The maximum Gasteiger partial charge on any atom is 0.128 e. The van der Waals surface area contributed by atoms with Gasteiger partial charge in [0.25, 0.3) is 0 Å². The van der Waals surface area contributed by atoms with Crippen molar-refractivity contribution in [3.05, 3.63) is 55.0 Å². The maximum atomic E-state index is 4.11. The van der Waals surface area contributed by atoms with E-state index in [4.69, 9.17) is 0 Å². The third-order valence-corrected chi connectivity index (χ3v) is 1.72. The molecule has 0 saturated carbocycles. The molecular formula is C10H9N4. The van der Waals surface area contributed by atoms with Crippen molar-refractivity contribution in [2.24, 2.45) is 0 Å². The van der Waals surface area contributed by atoms with Gasteiger partial charge in [-0.05, 0) is 12.1 Å². The highest BCUT2D eigenvalue weighted by molar-refractivity contribution is 5.12. The molecule has 2 aromatic heterocycles. The molecule has 14 heavy (non-hydrogen) atoms. The van der Waals surface area contributed by atoms with E-state index in [0.29, 0.717) is 6.42 Å². The first-order valence-electron chi connectivity index (χ1n) is 4.30. The lowest BCUT2D eigenvalue weighted by Gasteiger charge is -1.97. The molecular weight excluding hydrogens is 176 g/mol. The Hall–Kier alpha value is -1.84. The molecule has 1 radical (unpaired) electrons. The highest BCUT2D eigenvalue weighted by Gasteiger charge is 1.97. The van der Waals surface area contributed by atoms with Crippen LogP contribution in [0.1, 0.15) is 11.5 Å². The molecule has 0 spiro atoms. The molecule has 0 unspecified atom stereocenters. The minimum absolute atomic E-state index is 0.692. The maximum absolute atomic E-state index is 4.11. The van der Waals surface area contributed by atoms with Crippen LogP contribution in [0.2, 0.25) is 0 Å². The van der Waals surface area contributed by atoms with Crippen LogP contribution in [0.5, 0.6) is 0 Å². The van der Waals surface area contributed by atoms with E-state index in [9.17, 15) is 0 Å². The number of hydrogen-bond donors (Lipinski definition) is 0.